The zero-order valence-electron chi connectivity index (χ0n) is 18.1. The standard InChI is InChI=1S/C23H22F3N3O5/c1-22-11-10-20(32)29(22)17-5-3-2-4-16(17)21(33)28(22)13-19(31)27-12-18(30)14-6-8-15(9-7-14)34-23(24,25)26/h2-9,18,30H,10-13H2,1H3,(H,27,31). The van der Waals surface area contributed by atoms with Gasteiger partial charge in [-0.3, -0.25) is 19.3 Å². The van der Waals surface area contributed by atoms with Crippen LogP contribution in [0.15, 0.2) is 48.5 Å². The summed E-state index contributed by atoms with van der Waals surface area (Å²) in [5.74, 6) is -1.49. The number of carbonyl (C=O) groups is 3. The summed E-state index contributed by atoms with van der Waals surface area (Å²) in [5.41, 5.74) is 0.122. The highest BCUT2D eigenvalue weighted by molar-refractivity contribution is 6.11. The summed E-state index contributed by atoms with van der Waals surface area (Å²) in [5, 5.41) is 12.8. The molecular weight excluding hydrogens is 455 g/mol. The summed E-state index contributed by atoms with van der Waals surface area (Å²) >= 11 is 0. The normalized spacial score (nSPS) is 20.6. The van der Waals surface area contributed by atoms with Crippen molar-refractivity contribution in [1.82, 2.24) is 10.2 Å². The quantitative estimate of drug-likeness (QED) is 0.667. The van der Waals surface area contributed by atoms with Crippen LogP contribution in [-0.4, -0.2) is 52.8 Å². The Balaban J connectivity index is 1.42. The molecule has 8 nitrogen and oxygen atoms in total. The molecule has 2 aliphatic heterocycles. The van der Waals surface area contributed by atoms with Gasteiger partial charge in [-0.05, 0) is 43.2 Å². The van der Waals surface area contributed by atoms with Crippen LogP contribution in [0.4, 0.5) is 18.9 Å². The number of carbonyl (C=O) groups excluding carboxylic acids is 3. The number of halogens is 3. The number of para-hydroxylation sites is 1. The van der Waals surface area contributed by atoms with Crippen LogP contribution in [0.5, 0.6) is 5.75 Å². The second kappa shape index (κ2) is 8.64. The van der Waals surface area contributed by atoms with E-state index in [1.807, 2.05) is 0 Å². The number of aliphatic hydroxyl groups is 1. The lowest BCUT2D eigenvalue weighted by atomic mass is 9.98. The Hall–Kier alpha value is -3.60. The highest BCUT2D eigenvalue weighted by atomic mass is 19.4. The maximum Gasteiger partial charge on any atom is 0.573 e. The predicted molar refractivity (Wildman–Crippen MR) is 114 cm³/mol. The van der Waals surface area contributed by atoms with Gasteiger partial charge in [0.1, 0.15) is 18.0 Å². The van der Waals surface area contributed by atoms with E-state index in [9.17, 15) is 32.7 Å². The number of amides is 3. The number of alkyl halides is 3. The summed E-state index contributed by atoms with van der Waals surface area (Å²) in [6.45, 7) is 1.17. The fraction of sp³-hybridized carbons (Fsp3) is 0.348. The average molecular weight is 477 g/mol. The number of benzene rings is 2. The maximum absolute atomic E-state index is 13.2. The highest BCUT2D eigenvalue weighted by Gasteiger charge is 2.53. The molecule has 0 radical (unpaired) electrons. The number of aliphatic hydroxyl groups excluding tert-OH is 1. The molecule has 0 aliphatic carbocycles. The van der Waals surface area contributed by atoms with Gasteiger partial charge in [0.05, 0.1) is 17.4 Å². The van der Waals surface area contributed by atoms with Crippen LogP contribution in [0, 0.1) is 0 Å². The molecule has 180 valence electrons. The van der Waals surface area contributed by atoms with E-state index in [0.29, 0.717) is 17.7 Å². The number of hydrogen-bond donors (Lipinski definition) is 2. The van der Waals surface area contributed by atoms with Gasteiger partial charge in [0, 0.05) is 13.0 Å². The lowest BCUT2D eigenvalue weighted by Crippen LogP contribution is -2.63. The van der Waals surface area contributed by atoms with E-state index in [-0.39, 0.29) is 36.9 Å². The van der Waals surface area contributed by atoms with Crippen LogP contribution in [0.25, 0.3) is 0 Å². The molecule has 2 unspecified atom stereocenters. The van der Waals surface area contributed by atoms with Crippen molar-refractivity contribution >= 4 is 23.4 Å². The Morgan fingerprint density at radius 3 is 2.53 bits per heavy atom. The van der Waals surface area contributed by atoms with Crippen molar-refractivity contribution in [1.29, 1.82) is 0 Å². The van der Waals surface area contributed by atoms with Gasteiger partial charge in [-0.15, -0.1) is 13.2 Å². The van der Waals surface area contributed by atoms with Crippen molar-refractivity contribution in [3.63, 3.8) is 0 Å². The SMILES string of the molecule is CC12CCC(=O)N1c1ccccc1C(=O)N2CC(=O)NCC(O)c1ccc(OC(F)(F)F)cc1. The molecule has 2 aromatic rings. The van der Waals surface area contributed by atoms with E-state index in [1.54, 1.807) is 36.1 Å². The van der Waals surface area contributed by atoms with Gasteiger partial charge in [-0.2, -0.15) is 0 Å². The van der Waals surface area contributed by atoms with Crippen LogP contribution in [0.3, 0.4) is 0 Å². The molecule has 2 atom stereocenters. The van der Waals surface area contributed by atoms with E-state index in [2.05, 4.69) is 10.1 Å². The minimum absolute atomic E-state index is 0.138. The molecule has 2 aliphatic rings. The average Bonchev–Trinajstić information content (AvgIpc) is 3.09. The van der Waals surface area contributed by atoms with Crippen molar-refractivity contribution < 1.29 is 37.4 Å². The third kappa shape index (κ3) is 4.43. The van der Waals surface area contributed by atoms with E-state index in [1.165, 1.54) is 17.0 Å². The number of rotatable bonds is 6. The van der Waals surface area contributed by atoms with Crippen molar-refractivity contribution in [2.45, 2.75) is 37.9 Å². The number of ether oxygens (including phenoxy) is 1. The lowest BCUT2D eigenvalue weighted by molar-refractivity contribution is -0.274. The van der Waals surface area contributed by atoms with Crippen LogP contribution in [0.1, 0.15) is 41.8 Å². The van der Waals surface area contributed by atoms with Crippen molar-refractivity contribution in [3.05, 3.63) is 59.7 Å². The molecule has 0 spiro atoms. The van der Waals surface area contributed by atoms with Gasteiger partial charge in [0.25, 0.3) is 5.91 Å². The van der Waals surface area contributed by atoms with Crippen LogP contribution < -0.4 is 15.0 Å². The lowest BCUT2D eigenvalue weighted by Gasteiger charge is -2.48. The number of nitrogens with one attached hydrogen (secondary N) is 1. The predicted octanol–water partition coefficient (Wildman–Crippen LogP) is 2.73. The number of fused-ring (bicyclic) bond motifs is 3. The maximum atomic E-state index is 13.2. The third-order valence-electron chi connectivity index (χ3n) is 6.04. The van der Waals surface area contributed by atoms with Crippen molar-refractivity contribution in [2.24, 2.45) is 0 Å². The molecule has 2 N–H and O–H groups in total. The highest BCUT2D eigenvalue weighted by Crippen LogP contribution is 2.43. The largest absolute Gasteiger partial charge is 0.573 e. The Morgan fingerprint density at radius 2 is 1.85 bits per heavy atom. The third-order valence-corrected chi connectivity index (χ3v) is 6.04. The first-order chi connectivity index (χ1) is 16.0. The summed E-state index contributed by atoms with van der Waals surface area (Å²) in [4.78, 5) is 41.3. The van der Waals surface area contributed by atoms with Crippen molar-refractivity contribution in [2.75, 3.05) is 18.0 Å². The van der Waals surface area contributed by atoms with Crippen LogP contribution >= 0.6 is 0 Å². The monoisotopic (exact) mass is 477 g/mol. The first kappa shape index (κ1) is 23.6. The minimum Gasteiger partial charge on any atom is -0.406 e. The number of anilines is 1. The first-order valence-corrected chi connectivity index (χ1v) is 10.5. The molecule has 4 rings (SSSR count). The Bertz CT molecular complexity index is 1120. The molecule has 34 heavy (non-hydrogen) atoms. The fourth-order valence-electron chi connectivity index (χ4n) is 4.36. The van der Waals surface area contributed by atoms with Gasteiger partial charge >= 0.3 is 6.36 Å². The Labute approximate surface area is 192 Å². The second-order valence-corrected chi connectivity index (χ2v) is 8.29. The van der Waals surface area contributed by atoms with Gasteiger partial charge in [-0.1, -0.05) is 24.3 Å². The molecule has 1 saturated heterocycles. The molecule has 2 heterocycles. The topological polar surface area (TPSA) is 99.2 Å². The van der Waals surface area contributed by atoms with Crippen LogP contribution in [-0.2, 0) is 9.59 Å². The Morgan fingerprint density at radius 1 is 1.18 bits per heavy atom. The minimum atomic E-state index is -4.82. The van der Waals surface area contributed by atoms with Crippen molar-refractivity contribution in [3.8, 4) is 5.75 Å². The summed E-state index contributed by atoms with van der Waals surface area (Å²) in [6, 6.07) is 11.4. The first-order valence-electron chi connectivity index (χ1n) is 10.5. The molecule has 0 aromatic heterocycles. The zero-order chi connectivity index (χ0) is 24.7. The molecule has 1 fully saturated rings. The van der Waals surface area contributed by atoms with Gasteiger partial charge in [-0.25, -0.2) is 0 Å². The molecule has 0 saturated carbocycles. The Kier molecular flexibility index (Phi) is 5.98. The second-order valence-electron chi connectivity index (χ2n) is 8.29. The van der Waals surface area contributed by atoms with Gasteiger partial charge in [0.2, 0.25) is 11.8 Å². The number of hydrogen-bond acceptors (Lipinski definition) is 5. The molecule has 2 aromatic carbocycles. The van der Waals surface area contributed by atoms with E-state index < -0.39 is 29.8 Å². The van der Waals surface area contributed by atoms with E-state index in [0.717, 1.165) is 12.1 Å². The zero-order valence-corrected chi connectivity index (χ0v) is 18.1. The van der Waals surface area contributed by atoms with Gasteiger partial charge in [0.15, 0.2) is 0 Å². The summed E-state index contributed by atoms with van der Waals surface area (Å²) < 4.78 is 40.6. The summed E-state index contributed by atoms with van der Waals surface area (Å²) in [7, 11) is 0. The van der Waals surface area contributed by atoms with Crippen LogP contribution in [0.2, 0.25) is 0 Å². The van der Waals surface area contributed by atoms with Gasteiger partial charge < -0.3 is 20.1 Å². The molecular formula is C23H22F3N3O5. The smallest absolute Gasteiger partial charge is 0.406 e. The van der Waals surface area contributed by atoms with E-state index in [4.69, 9.17) is 0 Å². The summed E-state index contributed by atoms with van der Waals surface area (Å²) in [6.07, 6.45) is -5.41. The molecule has 11 heteroatoms. The number of nitrogens with zero attached hydrogens (tertiary/aromatic N) is 2. The fourth-order valence-corrected chi connectivity index (χ4v) is 4.36. The molecule has 0 bridgehead atoms. The van der Waals surface area contributed by atoms with E-state index >= 15 is 0 Å². The molecule has 3 amide bonds.